The molecule has 0 saturated carbocycles. The van der Waals surface area contributed by atoms with Gasteiger partial charge in [-0.25, -0.2) is 8.42 Å². The molecule has 2 saturated heterocycles. The first kappa shape index (κ1) is 27.3. The lowest BCUT2D eigenvalue weighted by Gasteiger charge is -2.39. The van der Waals surface area contributed by atoms with Gasteiger partial charge in [-0.3, -0.25) is 9.69 Å². The summed E-state index contributed by atoms with van der Waals surface area (Å²) in [6, 6.07) is 25.9. The van der Waals surface area contributed by atoms with E-state index in [1.165, 1.54) is 15.4 Å². The number of rotatable bonds is 8. The fourth-order valence-electron chi connectivity index (χ4n) is 5.23. The predicted octanol–water partition coefficient (Wildman–Crippen LogP) is 3.33. The second-order valence-electron chi connectivity index (χ2n) is 9.87. The SMILES string of the molecule is Cc1cc(S(=O)(=O)N2CCOCC2)ccc1OCC(=O)N1CCN(C(c2ccccc2)c2ccccc2)CC1. The topological polar surface area (TPSA) is 79.4 Å². The summed E-state index contributed by atoms with van der Waals surface area (Å²) in [6.45, 7) is 5.95. The standard InChI is InChI=1S/C30H35N3O5S/c1-24-22-27(39(35,36)33-18-20-37-21-19-33)12-13-28(24)38-23-29(34)31-14-16-32(17-15-31)30(25-8-4-2-5-9-25)26-10-6-3-7-11-26/h2-13,22,30H,14-21,23H2,1H3. The van der Waals surface area contributed by atoms with E-state index < -0.39 is 10.0 Å². The summed E-state index contributed by atoms with van der Waals surface area (Å²) in [7, 11) is -3.58. The van der Waals surface area contributed by atoms with Gasteiger partial charge in [0.15, 0.2) is 6.61 Å². The Bertz CT molecular complexity index is 1310. The molecule has 0 radical (unpaired) electrons. The Hall–Kier alpha value is -3.24. The quantitative estimate of drug-likeness (QED) is 0.429. The number of sulfonamides is 1. The average molecular weight is 550 g/mol. The molecule has 0 atom stereocenters. The van der Waals surface area contributed by atoms with Crippen LogP contribution in [0.25, 0.3) is 0 Å². The minimum absolute atomic E-state index is 0.0740. The highest BCUT2D eigenvalue weighted by molar-refractivity contribution is 7.89. The molecule has 5 rings (SSSR count). The molecular formula is C30H35N3O5S. The number of piperazine rings is 1. The first-order valence-electron chi connectivity index (χ1n) is 13.4. The summed E-state index contributed by atoms with van der Waals surface area (Å²) in [6.07, 6.45) is 0. The Morgan fingerprint density at radius 1 is 0.846 bits per heavy atom. The number of carbonyl (C=O) groups excluding carboxylic acids is 1. The van der Waals surface area contributed by atoms with Gasteiger partial charge < -0.3 is 14.4 Å². The number of hydrogen-bond donors (Lipinski definition) is 0. The lowest BCUT2D eigenvalue weighted by Crippen LogP contribution is -2.51. The molecule has 2 aliphatic heterocycles. The Kier molecular flexibility index (Phi) is 8.62. The van der Waals surface area contributed by atoms with E-state index in [1.54, 1.807) is 25.1 Å². The molecule has 3 aromatic carbocycles. The Morgan fingerprint density at radius 3 is 2.00 bits per heavy atom. The van der Waals surface area contributed by atoms with Crippen LogP contribution in [0.3, 0.4) is 0 Å². The van der Waals surface area contributed by atoms with Crippen molar-refractivity contribution in [2.24, 2.45) is 0 Å². The lowest BCUT2D eigenvalue weighted by atomic mass is 9.96. The molecule has 8 nitrogen and oxygen atoms in total. The first-order chi connectivity index (χ1) is 18.9. The zero-order valence-corrected chi connectivity index (χ0v) is 23.1. The van der Waals surface area contributed by atoms with Crippen LogP contribution < -0.4 is 4.74 Å². The maximum atomic E-state index is 13.0. The van der Waals surface area contributed by atoms with Crippen LogP contribution in [0.2, 0.25) is 0 Å². The van der Waals surface area contributed by atoms with Gasteiger partial charge in [-0.15, -0.1) is 0 Å². The molecule has 3 aromatic rings. The van der Waals surface area contributed by atoms with Crippen molar-refractivity contribution in [3.8, 4) is 5.75 Å². The van der Waals surface area contributed by atoms with Gasteiger partial charge in [0.05, 0.1) is 24.2 Å². The minimum Gasteiger partial charge on any atom is -0.483 e. The Morgan fingerprint density at radius 2 is 1.44 bits per heavy atom. The third-order valence-corrected chi connectivity index (χ3v) is 9.26. The number of hydrogen-bond acceptors (Lipinski definition) is 6. The number of nitrogens with zero attached hydrogens (tertiary/aromatic N) is 3. The van der Waals surface area contributed by atoms with Crippen LogP contribution in [-0.2, 0) is 19.6 Å². The molecule has 0 aliphatic carbocycles. The number of aryl methyl sites for hydroxylation is 1. The van der Waals surface area contributed by atoms with Crippen molar-refractivity contribution in [3.05, 3.63) is 95.6 Å². The van der Waals surface area contributed by atoms with Gasteiger partial charge in [0, 0.05) is 39.3 Å². The molecule has 2 heterocycles. The third kappa shape index (κ3) is 6.33. The number of ether oxygens (including phenoxy) is 2. The van der Waals surface area contributed by atoms with E-state index in [1.807, 2.05) is 17.0 Å². The number of carbonyl (C=O) groups is 1. The maximum absolute atomic E-state index is 13.0. The van der Waals surface area contributed by atoms with Crippen molar-refractivity contribution < 1.29 is 22.7 Å². The highest BCUT2D eigenvalue weighted by Crippen LogP contribution is 2.30. The van der Waals surface area contributed by atoms with Gasteiger partial charge in [-0.1, -0.05) is 60.7 Å². The Balaban J connectivity index is 1.18. The van der Waals surface area contributed by atoms with Gasteiger partial charge in [-0.05, 0) is 41.8 Å². The molecule has 2 fully saturated rings. The highest BCUT2D eigenvalue weighted by atomic mass is 32.2. The molecule has 1 amide bonds. The van der Waals surface area contributed by atoms with Gasteiger partial charge in [0.1, 0.15) is 5.75 Å². The van der Waals surface area contributed by atoms with Crippen molar-refractivity contribution >= 4 is 15.9 Å². The highest BCUT2D eigenvalue weighted by Gasteiger charge is 2.29. The molecule has 0 aromatic heterocycles. The third-order valence-electron chi connectivity index (χ3n) is 7.37. The van der Waals surface area contributed by atoms with E-state index in [0.29, 0.717) is 50.7 Å². The van der Waals surface area contributed by atoms with Crippen molar-refractivity contribution in [2.45, 2.75) is 17.9 Å². The van der Waals surface area contributed by atoms with E-state index in [2.05, 4.69) is 53.4 Å². The molecule has 0 unspecified atom stereocenters. The largest absolute Gasteiger partial charge is 0.483 e. The zero-order chi connectivity index (χ0) is 27.2. The summed E-state index contributed by atoms with van der Waals surface area (Å²) < 4.78 is 38.4. The average Bonchev–Trinajstić information content (AvgIpc) is 2.98. The van der Waals surface area contributed by atoms with Crippen LogP contribution >= 0.6 is 0 Å². The van der Waals surface area contributed by atoms with Gasteiger partial charge in [0.25, 0.3) is 5.91 Å². The van der Waals surface area contributed by atoms with Gasteiger partial charge in [-0.2, -0.15) is 4.31 Å². The molecular weight excluding hydrogens is 514 g/mol. The van der Waals surface area contributed by atoms with Crippen molar-refractivity contribution in [3.63, 3.8) is 0 Å². The maximum Gasteiger partial charge on any atom is 0.260 e. The fraction of sp³-hybridized carbons (Fsp3) is 0.367. The van der Waals surface area contributed by atoms with Gasteiger partial charge in [0.2, 0.25) is 10.0 Å². The lowest BCUT2D eigenvalue weighted by molar-refractivity contribution is -0.135. The Labute approximate surface area is 230 Å². The number of amides is 1. The fourth-order valence-corrected chi connectivity index (χ4v) is 6.72. The molecule has 9 heteroatoms. The summed E-state index contributed by atoms with van der Waals surface area (Å²) in [4.78, 5) is 17.5. The summed E-state index contributed by atoms with van der Waals surface area (Å²) in [5, 5.41) is 0. The number of benzene rings is 3. The second kappa shape index (κ2) is 12.3. The van der Waals surface area contributed by atoms with Crippen LogP contribution in [0, 0.1) is 6.92 Å². The molecule has 39 heavy (non-hydrogen) atoms. The van der Waals surface area contributed by atoms with E-state index >= 15 is 0 Å². The summed E-state index contributed by atoms with van der Waals surface area (Å²) >= 11 is 0. The van der Waals surface area contributed by atoms with Crippen molar-refractivity contribution in [2.75, 3.05) is 59.1 Å². The normalized spacial score (nSPS) is 17.3. The van der Waals surface area contributed by atoms with Crippen LogP contribution in [0.15, 0.2) is 83.8 Å². The van der Waals surface area contributed by atoms with Crippen LogP contribution in [-0.4, -0.2) is 87.5 Å². The monoisotopic (exact) mass is 549 g/mol. The molecule has 0 spiro atoms. The number of morpholine rings is 1. The smallest absolute Gasteiger partial charge is 0.260 e. The zero-order valence-electron chi connectivity index (χ0n) is 22.2. The van der Waals surface area contributed by atoms with Crippen molar-refractivity contribution in [1.82, 2.24) is 14.1 Å². The van der Waals surface area contributed by atoms with E-state index in [9.17, 15) is 13.2 Å². The molecule has 2 aliphatic rings. The summed E-state index contributed by atoms with van der Waals surface area (Å²) in [5.74, 6) is 0.436. The van der Waals surface area contributed by atoms with Gasteiger partial charge >= 0.3 is 0 Å². The van der Waals surface area contributed by atoms with Crippen LogP contribution in [0.5, 0.6) is 5.75 Å². The molecule has 0 bridgehead atoms. The molecule has 206 valence electrons. The first-order valence-corrected chi connectivity index (χ1v) is 14.8. The summed E-state index contributed by atoms with van der Waals surface area (Å²) in [5.41, 5.74) is 3.15. The minimum atomic E-state index is -3.58. The van der Waals surface area contributed by atoms with E-state index in [0.717, 1.165) is 13.1 Å². The van der Waals surface area contributed by atoms with Crippen molar-refractivity contribution in [1.29, 1.82) is 0 Å². The predicted molar refractivity (Wildman–Crippen MR) is 149 cm³/mol. The van der Waals surface area contributed by atoms with Crippen LogP contribution in [0.1, 0.15) is 22.7 Å². The van der Waals surface area contributed by atoms with E-state index in [-0.39, 0.29) is 23.5 Å². The van der Waals surface area contributed by atoms with Crippen LogP contribution in [0.4, 0.5) is 0 Å². The second-order valence-corrected chi connectivity index (χ2v) is 11.8. The van der Waals surface area contributed by atoms with E-state index in [4.69, 9.17) is 9.47 Å². The molecule has 0 N–H and O–H groups in total.